The Labute approximate surface area is 352 Å². The molecular formula is C45H46N5O8PS. The molecule has 1 N–H and O–H groups in total. The van der Waals surface area contributed by atoms with Crippen molar-refractivity contribution >= 4 is 41.1 Å². The third-order valence-corrected chi connectivity index (χ3v) is 16.1. The summed E-state index contributed by atoms with van der Waals surface area (Å²) in [6, 6.07) is 34.6. The van der Waals surface area contributed by atoms with Crippen LogP contribution in [0.3, 0.4) is 0 Å². The predicted octanol–water partition coefficient (Wildman–Crippen LogP) is 9.35. The number of imidazole rings is 1. The molecule has 0 radical (unpaired) electrons. The molecule has 1 amide bonds. The summed E-state index contributed by atoms with van der Waals surface area (Å²) in [6.45, 7) is -3.18. The van der Waals surface area contributed by atoms with Crippen molar-refractivity contribution < 1.29 is 37.4 Å². The van der Waals surface area contributed by atoms with Crippen LogP contribution in [0.2, 0.25) is 0 Å². The second kappa shape index (κ2) is 17.1. The van der Waals surface area contributed by atoms with Crippen LogP contribution in [0.15, 0.2) is 122 Å². The van der Waals surface area contributed by atoms with Crippen molar-refractivity contribution in [1.82, 2.24) is 19.5 Å². The molecule has 4 heterocycles. The molecule has 60 heavy (non-hydrogen) atoms. The fourth-order valence-electron chi connectivity index (χ4n) is 8.47. The number of carbonyl (C=O) groups excluding carboxylic acids is 1. The number of carbonyl (C=O) groups is 1. The second-order valence-electron chi connectivity index (χ2n) is 15.2. The fourth-order valence-corrected chi connectivity index (χ4v) is 13.6. The maximum absolute atomic E-state index is 14.6. The highest BCUT2D eigenvalue weighted by Crippen LogP contribution is 2.74. The Morgan fingerprint density at radius 3 is 2.13 bits per heavy atom. The van der Waals surface area contributed by atoms with Crippen LogP contribution in [0.4, 0.5) is 5.82 Å². The molecule has 1 aliphatic carbocycles. The smallest absolute Gasteiger partial charge is 0.390 e. The molecule has 310 valence electrons. The van der Waals surface area contributed by atoms with Crippen LogP contribution in [0.25, 0.3) is 11.2 Å². The molecule has 13 nitrogen and oxygen atoms in total. The van der Waals surface area contributed by atoms with E-state index in [0.717, 1.165) is 48.8 Å². The third kappa shape index (κ3) is 7.95. The van der Waals surface area contributed by atoms with Crippen LogP contribution in [0.1, 0.15) is 71.8 Å². The summed E-state index contributed by atoms with van der Waals surface area (Å²) in [5.41, 5.74) is 2.79. The topological polar surface area (TPSA) is 145 Å². The summed E-state index contributed by atoms with van der Waals surface area (Å²) >= 11 is 1.36. The zero-order chi connectivity index (χ0) is 41.2. The highest BCUT2D eigenvalue weighted by atomic mass is 32.7. The van der Waals surface area contributed by atoms with Gasteiger partial charge in [0.15, 0.2) is 17.0 Å². The van der Waals surface area contributed by atoms with Crippen LogP contribution >= 0.6 is 18.2 Å². The molecule has 1 saturated carbocycles. The molecule has 6 aromatic rings. The first-order chi connectivity index (χ1) is 29.3. The number of fused-ring (bicyclic) bond motifs is 1. The molecule has 1 spiro atoms. The van der Waals surface area contributed by atoms with E-state index < -0.39 is 30.8 Å². The molecule has 4 aromatic carbocycles. The lowest BCUT2D eigenvalue weighted by Crippen LogP contribution is -2.38. The Bertz CT molecular complexity index is 2420. The minimum Gasteiger partial charge on any atom is -0.497 e. The summed E-state index contributed by atoms with van der Waals surface area (Å²) in [4.78, 5) is 26.7. The summed E-state index contributed by atoms with van der Waals surface area (Å²) in [5, 5.41) is 2.88. The number of benzene rings is 4. The zero-order valence-electron chi connectivity index (χ0n) is 33.3. The zero-order valence-corrected chi connectivity index (χ0v) is 35.1. The molecule has 2 saturated heterocycles. The second-order valence-corrected chi connectivity index (χ2v) is 19.5. The molecule has 0 bridgehead atoms. The normalized spacial score (nSPS) is 22.5. The van der Waals surface area contributed by atoms with Crippen LogP contribution in [0, 0.1) is 0 Å². The number of hydrogen-bond acceptors (Lipinski definition) is 12. The average Bonchev–Trinajstić information content (AvgIpc) is 4.00. The number of anilines is 1. The van der Waals surface area contributed by atoms with Crippen molar-refractivity contribution in [3.8, 4) is 11.5 Å². The van der Waals surface area contributed by atoms with E-state index in [0.29, 0.717) is 41.3 Å². The van der Waals surface area contributed by atoms with Crippen molar-refractivity contribution in [3.05, 3.63) is 144 Å². The van der Waals surface area contributed by atoms with Gasteiger partial charge in [-0.15, -0.1) is 0 Å². The molecular weight excluding hydrogens is 802 g/mol. The maximum atomic E-state index is 14.6. The van der Waals surface area contributed by atoms with Crippen LogP contribution in [-0.2, 0) is 28.7 Å². The SMILES string of the molecule is COc1ccc(C(OC[C@H]2O[C@@H](n3cnc4c(NC(=O)c5ccccc5)ncnc43)C[C@@H]2OP2(=O)OCC3(CCCCC3)S2)(c2ccccc2)c2ccc(OC)cc2)cc1. The summed E-state index contributed by atoms with van der Waals surface area (Å²) < 4.78 is 54.2. The molecule has 3 fully saturated rings. The van der Waals surface area contributed by atoms with Crippen molar-refractivity contribution in [1.29, 1.82) is 0 Å². The third-order valence-electron chi connectivity index (χ3n) is 11.6. The molecule has 1 unspecified atom stereocenters. The van der Waals surface area contributed by atoms with Gasteiger partial charge in [-0.05, 0) is 77.3 Å². The molecule has 3 aliphatic rings. The summed E-state index contributed by atoms with van der Waals surface area (Å²) in [5.74, 6) is 1.36. The largest absolute Gasteiger partial charge is 0.497 e. The first kappa shape index (κ1) is 40.3. The van der Waals surface area contributed by atoms with Gasteiger partial charge in [0.05, 0.1) is 38.5 Å². The standard InChI is InChI=1S/C45H46N5O8PS/c1-53-35-20-16-33(17-21-35)45(32-14-8-4-9-15-32,34-18-22-36(54-2)23-19-34)55-27-38-37(58-59(52)56-28-44(60-59)24-10-5-11-25-44)26-39(57-38)50-30-48-40-41(46-29-47-42(40)50)49-43(51)31-12-6-3-7-13-31/h3-4,6-9,12-23,29-30,37-39H,5,10-11,24-28H2,1-2H3,(H,46,47,49,51)/t37-,38+,39+,59?/m0/s1. The van der Waals surface area contributed by atoms with Gasteiger partial charge in [0.1, 0.15) is 41.9 Å². The lowest BCUT2D eigenvalue weighted by Gasteiger charge is -2.37. The Morgan fingerprint density at radius 1 is 0.850 bits per heavy atom. The van der Waals surface area contributed by atoms with Gasteiger partial charge in [0.2, 0.25) is 0 Å². The number of aromatic nitrogens is 4. The van der Waals surface area contributed by atoms with E-state index in [1.165, 1.54) is 17.7 Å². The monoisotopic (exact) mass is 847 g/mol. The van der Waals surface area contributed by atoms with Gasteiger partial charge in [-0.1, -0.05) is 92.1 Å². The highest BCUT2D eigenvalue weighted by molar-refractivity contribution is 8.56. The predicted molar refractivity (Wildman–Crippen MR) is 228 cm³/mol. The fraction of sp³-hybridized carbons (Fsp3) is 0.333. The van der Waals surface area contributed by atoms with Crippen molar-refractivity contribution in [3.63, 3.8) is 0 Å². The Hall–Kier alpha value is -5.08. The van der Waals surface area contributed by atoms with Gasteiger partial charge >= 0.3 is 6.80 Å². The molecule has 15 heteroatoms. The van der Waals surface area contributed by atoms with E-state index >= 15 is 0 Å². The Kier molecular flexibility index (Phi) is 11.5. The molecule has 2 aromatic heterocycles. The minimum atomic E-state index is -3.60. The minimum absolute atomic E-state index is 0.0317. The number of amides is 1. The van der Waals surface area contributed by atoms with Gasteiger partial charge in [0, 0.05) is 12.0 Å². The van der Waals surface area contributed by atoms with Gasteiger partial charge in [-0.2, -0.15) is 0 Å². The van der Waals surface area contributed by atoms with E-state index in [-0.39, 0.29) is 23.1 Å². The first-order valence-electron chi connectivity index (χ1n) is 20.1. The lowest BCUT2D eigenvalue weighted by molar-refractivity contribution is -0.0907. The number of nitrogens with zero attached hydrogens (tertiary/aromatic N) is 4. The Balaban J connectivity index is 1.07. The van der Waals surface area contributed by atoms with Gasteiger partial charge in [-0.3, -0.25) is 18.4 Å². The van der Waals surface area contributed by atoms with Crippen molar-refractivity contribution in [2.45, 2.75) is 67.3 Å². The quantitative estimate of drug-likeness (QED) is 0.0873. The van der Waals surface area contributed by atoms with Crippen LogP contribution in [-0.4, -0.2) is 69.8 Å². The number of nitrogens with one attached hydrogen (secondary N) is 1. The lowest BCUT2D eigenvalue weighted by atomic mass is 9.80. The number of methoxy groups -OCH3 is 2. The van der Waals surface area contributed by atoms with E-state index in [1.54, 1.807) is 49.4 Å². The molecule has 4 atom stereocenters. The number of rotatable bonds is 13. The van der Waals surface area contributed by atoms with Crippen molar-refractivity contribution in [2.24, 2.45) is 0 Å². The maximum Gasteiger partial charge on any atom is 0.390 e. The number of ether oxygens (including phenoxy) is 4. The molecule has 9 rings (SSSR count). The van der Waals surface area contributed by atoms with E-state index in [2.05, 4.69) is 20.3 Å². The summed E-state index contributed by atoms with van der Waals surface area (Å²) in [7, 11) is 3.27. The van der Waals surface area contributed by atoms with E-state index in [9.17, 15) is 9.36 Å². The molecule has 2 aliphatic heterocycles. The Morgan fingerprint density at radius 2 is 1.48 bits per heavy atom. The van der Waals surface area contributed by atoms with Crippen LogP contribution in [0.5, 0.6) is 11.5 Å². The summed E-state index contributed by atoms with van der Waals surface area (Å²) in [6.07, 6.45) is 6.40. The first-order valence-corrected chi connectivity index (χ1v) is 23.1. The van der Waals surface area contributed by atoms with E-state index in [1.807, 2.05) is 84.9 Å². The highest BCUT2D eigenvalue weighted by Gasteiger charge is 2.53. The van der Waals surface area contributed by atoms with Crippen LogP contribution < -0.4 is 14.8 Å². The van der Waals surface area contributed by atoms with Gasteiger partial charge < -0.3 is 24.3 Å². The van der Waals surface area contributed by atoms with Crippen molar-refractivity contribution in [2.75, 3.05) is 32.8 Å². The average molecular weight is 848 g/mol. The van der Waals surface area contributed by atoms with Gasteiger partial charge in [0.25, 0.3) is 5.91 Å². The van der Waals surface area contributed by atoms with Gasteiger partial charge in [-0.25, -0.2) is 19.5 Å². The van der Waals surface area contributed by atoms with E-state index in [4.69, 9.17) is 28.0 Å². The number of hydrogen-bond donors (Lipinski definition) is 1.